The number of aromatic nitrogens is 3. The van der Waals surface area contributed by atoms with Crippen LogP contribution in [0.4, 0.5) is 5.69 Å². The number of hydrogen-bond acceptors (Lipinski definition) is 6. The lowest BCUT2D eigenvalue weighted by Gasteiger charge is -2.27. The van der Waals surface area contributed by atoms with Gasteiger partial charge < -0.3 is 14.6 Å². The second-order valence-electron chi connectivity index (χ2n) is 7.96. The number of rotatable bonds is 7. The lowest BCUT2D eigenvalue weighted by atomic mass is 9.95. The van der Waals surface area contributed by atoms with Crippen LogP contribution in [0.5, 0.6) is 5.75 Å². The molecule has 29 heavy (non-hydrogen) atoms. The summed E-state index contributed by atoms with van der Waals surface area (Å²) in [5.74, 6) is 2.15. The van der Waals surface area contributed by atoms with Crippen molar-refractivity contribution < 1.29 is 9.53 Å². The van der Waals surface area contributed by atoms with Crippen LogP contribution in [-0.2, 0) is 11.3 Å². The molecule has 1 unspecified atom stereocenters. The number of ether oxygens (including phenoxy) is 1. The molecule has 1 aromatic carbocycles. The Morgan fingerprint density at radius 2 is 1.97 bits per heavy atom. The second-order valence-corrected chi connectivity index (χ2v) is 9.13. The smallest absolute Gasteiger partial charge is 0.192 e. The minimum absolute atomic E-state index is 0.0366. The van der Waals surface area contributed by atoms with Crippen molar-refractivity contribution in [3.63, 3.8) is 0 Å². The first-order chi connectivity index (χ1) is 14.2. The number of nitrogens with one attached hydrogen (secondary N) is 1. The molecule has 2 saturated carbocycles. The zero-order valence-electron chi connectivity index (χ0n) is 17.1. The van der Waals surface area contributed by atoms with Gasteiger partial charge in [0.1, 0.15) is 11.5 Å². The highest BCUT2D eigenvalue weighted by Crippen LogP contribution is 2.36. The number of benzene rings is 1. The van der Waals surface area contributed by atoms with E-state index in [2.05, 4.69) is 20.1 Å². The van der Waals surface area contributed by atoms with Crippen LogP contribution in [0.3, 0.4) is 0 Å². The molecule has 0 saturated heterocycles. The van der Waals surface area contributed by atoms with E-state index in [0.29, 0.717) is 24.8 Å². The first-order valence-corrected chi connectivity index (χ1v) is 11.6. The summed E-state index contributed by atoms with van der Waals surface area (Å²) in [6.07, 6.45) is 9.95. The van der Waals surface area contributed by atoms with Gasteiger partial charge in [-0.05, 0) is 37.8 Å². The molecular formula is C22H30N4O2S. The van der Waals surface area contributed by atoms with E-state index in [0.717, 1.165) is 54.5 Å². The molecule has 2 aliphatic rings. The molecule has 1 atom stereocenters. The third-order valence-corrected chi connectivity index (χ3v) is 7.21. The third-order valence-electron chi connectivity index (χ3n) is 5.94. The molecule has 0 amide bonds. The maximum Gasteiger partial charge on any atom is 0.192 e. The topological polar surface area (TPSA) is 69.0 Å². The average molecular weight is 415 g/mol. The molecule has 7 heteroatoms. The third kappa shape index (κ3) is 4.94. The van der Waals surface area contributed by atoms with Crippen molar-refractivity contribution in [2.24, 2.45) is 0 Å². The molecule has 1 heterocycles. The summed E-state index contributed by atoms with van der Waals surface area (Å²) in [5.41, 5.74) is 0.999. The van der Waals surface area contributed by atoms with E-state index >= 15 is 0 Å². The van der Waals surface area contributed by atoms with E-state index in [1.807, 2.05) is 24.3 Å². The summed E-state index contributed by atoms with van der Waals surface area (Å²) in [6, 6.07) is 8.36. The monoisotopic (exact) mass is 414 g/mol. The lowest BCUT2D eigenvalue weighted by molar-refractivity contribution is -0.119. The van der Waals surface area contributed by atoms with E-state index in [9.17, 15) is 4.79 Å². The minimum Gasteiger partial charge on any atom is -0.497 e. The molecular weight excluding hydrogens is 384 g/mol. The Labute approximate surface area is 176 Å². The molecule has 0 spiro atoms. The summed E-state index contributed by atoms with van der Waals surface area (Å²) >= 11 is 1.63. The number of thioether (sulfide) groups is 1. The van der Waals surface area contributed by atoms with Gasteiger partial charge in [0.25, 0.3) is 0 Å². The molecule has 2 fully saturated rings. The van der Waals surface area contributed by atoms with Crippen molar-refractivity contribution in [3.8, 4) is 5.75 Å². The van der Waals surface area contributed by atoms with Crippen molar-refractivity contribution in [3.05, 3.63) is 30.1 Å². The molecule has 0 aliphatic heterocycles. The fourth-order valence-corrected chi connectivity index (χ4v) is 5.58. The van der Waals surface area contributed by atoms with E-state index < -0.39 is 0 Å². The fourth-order valence-electron chi connectivity index (χ4n) is 4.33. The maximum absolute atomic E-state index is 12.4. The quantitative estimate of drug-likeness (QED) is 0.687. The number of carbonyl (C=O) groups excluding carboxylic acids is 1. The Kier molecular flexibility index (Phi) is 6.74. The first-order valence-electron chi connectivity index (χ1n) is 10.8. The molecule has 0 radical (unpaired) electrons. The number of Topliss-reactive ketones (excluding diaryl/α,β-unsaturated/α-hetero) is 1. The van der Waals surface area contributed by atoms with E-state index in [1.54, 1.807) is 18.9 Å². The fraction of sp³-hybridized carbons (Fsp3) is 0.591. The van der Waals surface area contributed by atoms with Gasteiger partial charge in [0, 0.05) is 24.2 Å². The Morgan fingerprint density at radius 3 is 2.76 bits per heavy atom. The van der Waals surface area contributed by atoms with Gasteiger partial charge in [-0.15, -0.1) is 10.2 Å². The summed E-state index contributed by atoms with van der Waals surface area (Å²) in [6.45, 7) is 0.607. The highest BCUT2D eigenvalue weighted by atomic mass is 32.2. The summed E-state index contributed by atoms with van der Waals surface area (Å²) < 4.78 is 7.63. The maximum atomic E-state index is 12.4. The lowest BCUT2D eigenvalue weighted by Crippen LogP contribution is -2.23. The second kappa shape index (κ2) is 9.65. The van der Waals surface area contributed by atoms with Crippen LogP contribution < -0.4 is 10.1 Å². The van der Waals surface area contributed by atoms with Crippen molar-refractivity contribution in [2.75, 3.05) is 12.4 Å². The van der Waals surface area contributed by atoms with Gasteiger partial charge in [-0.3, -0.25) is 4.79 Å². The molecule has 156 valence electrons. The van der Waals surface area contributed by atoms with Crippen LogP contribution in [0.25, 0.3) is 0 Å². The van der Waals surface area contributed by atoms with E-state index in [-0.39, 0.29) is 5.25 Å². The van der Waals surface area contributed by atoms with Gasteiger partial charge >= 0.3 is 0 Å². The molecule has 1 N–H and O–H groups in total. The van der Waals surface area contributed by atoms with Crippen LogP contribution in [-0.4, -0.2) is 32.9 Å². The van der Waals surface area contributed by atoms with Gasteiger partial charge in [0.2, 0.25) is 0 Å². The van der Waals surface area contributed by atoms with Crippen LogP contribution in [0.15, 0.2) is 29.4 Å². The minimum atomic E-state index is 0.0366. The van der Waals surface area contributed by atoms with Crippen molar-refractivity contribution >= 4 is 23.2 Å². The normalized spacial score (nSPS) is 20.6. The molecule has 0 bridgehead atoms. The number of nitrogens with zero attached hydrogens (tertiary/aromatic N) is 3. The molecule has 6 nitrogen and oxygen atoms in total. The highest BCUT2D eigenvalue weighted by Gasteiger charge is 2.28. The zero-order valence-corrected chi connectivity index (χ0v) is 17.9. The van der Waals surface area contributed by atoms with Crippen LogP contribution >= 0.6 is 11.8 Å². The number of hydrogen-bond donors (Lipinski definition) is 1. The van der Waals surface area contributed by atoms with Gasteiger partial charge in [-0.1, -0.05) is 43.5 Å². The Balaban J connectivity index is 1.53. The Morgan fingerprint density at radius 1 is 1.14 bits per heavy atom. The van der Waals surface area contributed by atoms with E-state index in [1.165, 1.54) is 19.3 Å². The number of ketones is 1. The first kappa shape index (κ1) is 20.3. The predicted octanol–water partition coefficient (Wildman–Crippen LogP) is 5.01. The molecule has 2 aromatic rings. The number of anilines is 1. The molecule has 2 aliphatic carbocycles. The standard InChI is InChI=1S/C22H30N4O2S/c1-28-18-11-7-8-16(14-18)23-15-21-24-25-22(26(21)17-9-3-2-4-10-17)29-20-13-6-5-12-19(20)27/h7-8,11,14,17,20,23H,2-6,9-10,12-13,15H2,1H3. The number of carbonyl (C=O) groups is 1. The van der Waals surface area contributed by atoms with Gasteiger partial charge in [0.15, 0.2) is 11.0 Å². The van der Waals surface area contributed by atoms with Gasteiger partial charge in [0.05, 0.1) is 18.9 Å². The average Bonchev–Trinajstić information content (AvgIpc) is 3.17. The van der Waals surface area contributed by atoms with E-state index in [4.69, 9.17) is 4.74 Å². The van der Waals surface area contributed by atoms with Crippen LogP contribution in [0.1, 0.15) is 69.7 Å². The summed E-state index contributed by atoms with van der Waals surface area (Å²) in [5, 5.41) is 13.5. The molecule has 1 aromatic heterocycles. The predicted molar refractivity (Wildman–Crippen MR) is 116 cm³/mol. The highest BCUT2D eigenvalue weighted by molar-refractivity contribution is 8.00. The Bertz CT molecular complexity index is 832. The number of methoxy groups -OCH3 is 1. The van der Waals surface area contributed by atoms with Crippen LogP contribution in [0, 0.1) is 0 Å². The van der Waals surface area contributed by atoms with Crippen LogP contribution in [0.2, 0.25) is 0 Å². The van der Waals surface area contributed by atoms with Crippen molar-refractivity contribution in [1.82, 2.24) is 14.8 Å². The van der Waals surface area contributed by atoms with Crippen molar-refractivity contribution in [1.29, 1.82) is 0 Å². The zero-order chi connectivity index (χ0) is 20.1. The SMILES string of the molecule is COc1cccc(NCc2nnc(SC3CCCCC3=O)n2C2CCCCC2)c1. The molecule has 4 rings (SSSR count). The van der Waals surface area contributed by atoms with Gasteiger partial charge in [-0.2, -0.15) is 0 Å². The Hall–Kier alpha value is -2.02. The van der Waals surface area contributed by atoms with Crippen molar-refractivity contribution in [2.45, 2.75) is 80.8 Å². The summed E-state index contributed by atoms with van der Waals surface area (Å²) in [4.78, 5) is 12.4. The summed E-state index contributed by atoms with van der Waals surface area (Å²) in [7, 11) is 1.68. The van der Waals surface area contributed by atoms with Gasteiger partial charge in [-0.25, -0.2) is 0 Å². The largest absolute Gasteiger partial charge is 0.497 e.